The Morgan fingerprint density at radius 3 is 2.32 bits per heavy atom. The molecule has 2 fully saturated rings. The average molecular weight is 310 g/mol. The first kappa shape index (κ1) is 17.1. The minimum Gasteiger partial charge on any atom is -0.462 e. The Balaban J connectivity index is 2.61. The SMILES string of the molecule is CC(=O)O[C@H]1C[C@@H](C)[C@@H](C=O)[C@]2(O)[C@@H]1C(C)(C)CC2(C)C=O. The topological polar surface area (TPSA) is 80.7 Å². The molecule has 2 rings (SSSR count). The molecule has 0 heterocycles. The number of esters is 1. The third kappa shape index (κ3) is 2.13. The molecule has 2 aliphatic rings. The van der Waals surface area contributed by atoms with Gasteiger partial charge in [-0.3, -0.25) is 4.79 Å². The molecule has 0 aliphatic heterocycles. The minimum absolute atomic E-state index is 0.156. The van der Waals surface area contributed by atoms with Crippen LogP contribution in [0.25, 0.3) is 0 Å². The van der Waals surface area contributed by atoms with E-state index in [4.69, 9.17) is 4.74 Å². The Morgan fingerprint density at radius 2 is 1.86 bits per heavy atom. The van der Waals surface area contributed by atoms with E-state index in [-0.39, 0.29) is 5.92 Å². The Hall–Kier alpha value is -1.23. The summed E-state index contributed by atoms with van der Waals surface area (Å²) in [5.74, 6) is -1.64. The van der Waals surface area contributed by atoms with Gasteiger partial charge in [0.2, 0.25) is 0 Å². The summed E-state index contributed by atoms with van der Waals surface area (Å²) in [6.07, 6.45) is 2.04. The van der Waals surface area contributed by atoms with Crippen LogP contribution < -0.4 is 0 Å². The smallest absolute Gasteiger partial charge is 0.302 e. The molecule has 2 aliphatic carbocycles. The van der Waals surface area contributed by atoms with E-state index < -0.39 is 40.3 Å². The van der Waals surface area contributed by atoms with Crippen molar-refractivity contribution in [1.82, 2.24) is 0 Å². The van der Waals surface area contributed by atoms with Crippen LogP contribution in [0.2, 0.25) is 0 Å². The van der Waals surface area contributed by atoms with E-state index in [2.05, 4.69) is 0 Å². The number of fused-ring (bicyclic) bond motifs is 1. The largest absolute Gasteiger partial charge is 0.462 e. The molecule has 0 aromatic rings. The lowest BCUT2D eigenvalue weighted by molar-refractivity contribution is -0.204. The van der Waals surface area contributed by atoms with Crippen LogP contribution >= 0.6 is 0 Å². The molecule has 5 nitrogen and oxygen atoms in total. The summed E-state index contributed by atoms with van der Waals surface area (Å²) in [7, 11) is 0. The van der Waals surface area contributed by atoms with Crippen LogP contribution in [-0.2, 0) is 19.1 Å². The molecule has 22 heavy (non-hydrogen) atoms. The highest BCUT2D eigenvalue weighted by Crippen LogP contribution is 2.65. The molecule has 0 aromatic carbocycles. The first-order valence-electron chi connectivity index (χ1n) is 7.84. The predicted molar refractivity (Wildman–Crippen MR) is 79.9 cm³/mol. The lowest BCUT2D eigenvalue weighted by Crippen LogP contribution is -2.63. The summed E-state index contributed by atoms with van der Waals surface area (Å²) in [6.45, 7) is 8.84. The van der Waals surface area contributed by atoms with Gasteiger partial charge in [0, 0.05) is 18.8 Å². The van der Waals surface area contributed by atoms with E-state index in [0.717, 1.165) is 12.6 Å². The van der Waals surface area contributed by atoms with Crippen LogP contribution in [0.15, 0.2) is 0 Å². The van der Waals surface area contributed by atoms with E-state index in [9.17, 15) is 19.5 Å². The monoisotopic (exact) mass is 310 g/mol. The van der Waals surface area contributed by atoms with E-state index in [1.165, 1.54) is 6.92 Å². The number of hydrogen-bond donors (Lipinski definition) is 1. The predicted octanol–water partition coefficient (Wildman–Crippen LogP) is 1.76. The van der Waals surface area contributed by atoms with Crippen molar-refractivity contribution in [3.05, 3.63) is 0 Å². The molecular formula is C17H26O5. The van der Waals surface area contributed by atoms with Crippen LogP contribution in [0.1, 0.15) is 47.5 Å². The first-order chi connectivity index (χ1) is 10.0. The van der Waals surface area contributed by atoms with Crippen molar-refractivity contribution in [3.63, 3.8) is 0 Å². The molecule has 2 saturated carbocycles. The number of ether oxygens (including phenoxy) is 1. The van der Waals surface area contributed by atoms with Gasteiger partial charge in [-0.1, -0.05) is 27.7 Å². The van der Waals surface area contributed by atoms with Crippen molar-refractivity contribution in [2.24, 2.45) is 28.6 Å². The molecule has 1 N–H and O–H groups in total. The fraction of sp³-hybridized carbons (Fsp3) is 0.824. The summed E-state index contributed by atoms with van der Waals surface area (Å²) < 4.78 is 5.48. The zero-order valence-electron chi connectivity index (χ0n) is 14.0. The highest BCUT2D eigenvalue weighted by Gasteiger charge is 2.72. The molecule has 0 bridgehead atoms. The van der Waals surface area contributed by atoms with Crippen molar-refractivity contribution in [3.8, 4) is 0 Å². The van der Waals surface area contributed by atoms with E-state index in [1.807, 2.05) is 20.8 Å². The Labute approximate surface area is 131 Å². The maximum Gasteiger partial charge on any atom is 0.302 e. The first-order valence-corrected chi connectivity index (χ1v) is 7.84. The van der Waals surface area contributed by atoms with Gasteiger partial charge in [0.25, 0.3) is 0 Å². The normalized spacial score (nSPS) is 46.6. The molecule has 0 aromatic heterocycles. The third-order valence-corrected chi connectivity index (χ3v) is 5.87. The Kier molecular flexibility index (Phi) is 4.01. The zero-order chi connectivity index (χ0) is 16.9. The van der Waals surface area contributed by atoms with Crippen molar-refractivity contribution in [1.29, 1.82) is 0 Å². The molecule has 0 amide bonds. The van der Waals surface area contributed by atoms with Gasteiger partial charge in [-0.05, 0) is 24.2 Å². The molecule has 1 unspecified atom stereocenters. The molecule has 124 valence electrons. The van der Waals surface area contributed by atoms with Gasteiger partial charge < -0.3 is 19.4 Å². The van der Waals surface area contributed by atoms with Gasteiger partial charge >= 0.3 is 5.97 Å². The summed E-state index contributed by atoms with van der Waals surface area (Å²) in [5, 5.41) is 11.5. The fourth-order valence-corrected chi connectivity index (χ4v) is 5.31. The molecular weight excluding hydrogens is 284 g/mol. The van der Waals surface area contributed by atoms with Crippen molar-refractivity contribution < 1.29 is 24.2 Å². The molecule has 5 heteroatoms. The number of rotatable bonds is 3. The van der Waals surface area contributed by atoms with Gasteiger partial charge in [0.15, 0.2) is 0 Å². The van der Waals surface area contributed by atoms with E-state index >= 15 is 0 Å². The summed E-state index contributed by atoms with van der Waals surface area (Å²) >= 11 is 0. The number of carbonyl (C=O) groups is 3. The van der Waals surface area contributed by atoms with Gasteiger partial charge in [-0.25, -0.2) is 0 Å². The van der Waals surface area contributed by atoms with Gasteiger partial charge in [-0.2, -0.15) is 0 Å². The van der Waals surface area contributed by atoms with Gasteiger partial charge in [0.05, 0.1) is 11.0 Å². The van der Waals surface area contributed by atoms with Crippen molar-refractivity contribution in [2.45, 2.75) is 59.2 Å². The lowest BCUT2D eigenvalue weighted by Gasteiger charge is -2.53. The van der Waals surface area contributed by atoms with Crippen LogP contribution in [0.4, 0.5) is 0 Å². The van der Waals surface area contributed by atoms with Crippen LogP contribution in [0.3, 0.4) is 0 Å². The standard InChI is InChI=1S/C17H26O5/c1-10-6-13(22-11(2)20)14-15(3,4)8-16(5,9-19)17(14,21)12(10)7-18/h7,9-10,12-14,21H,6,8H2,1-5H3/t10-,12-,13+,14+,16?,17+/m1/s1. The van der Waals surface area contributed by atoms with E-state index in [1.54, 1.807) is 6.92 Å². The zero-order valence-corrected chi connectivity index (χ0v) is 14.0. The highest BCUT2D eigenvalue weighted by molar-refractivity contribution is 5.69. The second kappa shape index (κ2) is 5.15. The van der Waals surface area contributed by atoms with Crippen LogP contribution in [-0.4, -0.2) is 35.4 Å². The van der Waals surface area contributed by atoms with Crippen molar-refractivity contribution in [2.75, 3.05) is 0 Å². The number of aliphatic hydroxyl groups is 1. The third-order valence-electron chi connectivity index (χ3n) is 5.87. The quantitative estimate of drug-likeness (QED) is 0.634. The average Bonchev–Trinajstić information content (AvgIpc) is 2.52. The maximum atomic E-state index is 11.8. The van der Waals surface area contributed by atoms with E-state index in [0.29, 0.717) is 12.8 Å². The molecule has 0 saturated heterocycles. The molecule has 6 atom stereocenters. The summed E-state index contributed by atoms with van der Waals surface area (Å²) in [6, 6.07) is 0. The van der Waals surface area contributed by atoms with Crippen LogP contribution in [0, 0.1) is 28.6 Å². The number of hydrogen-bond acceptors (Lipinski definition) is 5. The highest BCUT2D eigenvalue weighted by atomic mass is 16.5. The lowest BCUT2D eigenvalue weighted by atomic mass is 9.56. The van der Waals surface area contributed by atoms with Gasteiger partial charge in [-0.15, -0.1) is 0 Å². The second-order valence-corrected chi connectivity index (χ2v) is 8.03. The van der Waals surface area contributed by atoms with Crippen LogP contribution in [0.5, 0.6) is 0 Å². The number of carbonyl (C=O) groups excluding carboxylic acids is 3. The minimum atomic E-state index is -1.49. The second-order valence-electron chi connectivity index (χ2n) is 8.03. The molecule has 0 spiro atoms. The Morgan fingerprint density at radius 1 is 1.27 bits per heavy atom. The summed E-state index contributed by atoms with van der Waals surface area (Å²) in [4.78, 5) is 34.9. The maximum absolute atomic E-state index is 11.8. The molecule has 0 radical (unpaired) electrons. The van der Waals surface area contributed by atoms with Crippen molar-refractivity contribution >= 4 is 18.5 Å². The fourth-order valence-electron chi connectivity index (χ4n) is 5.31. The number of aldehydes is 2. The Bertz CT molecular complexity index is 499. The van der Waals surface area contributed by atoms with Gasteiger partial charge in [0.1, 0.15) is 18.7 Å². The summed E-state index contributed by atoms with van der Waals surface area (Å²) in [5.41, 5.74) is -2.93.